The molecule has 0 spiro atoms. The van der Waals surface area contributed by atoms with Gasteiger partial charge in [0.2, 0.25) is 11.4 Å². The number of aliphatic hydroxyl groups is 2. The minimum Gasteiger partial charge on any atom is -0.457 e. The van der Waals surface area contributed by atoms with Gasteiger partial charge in [0.25, 0.3) is 0 Å². The molecule has 7 heteroatoms. The molecule has 7 unspecified atom stereocenters. The van der Waals surface area contributed by atoms with Crippen LogP contribution in [0.3, 0.4) is 0 Å². The SMILES string of the molecule is C=C(C)C1CC2OC(O)(C(=C)CC(=O)/C=C(/C)CC3OC(=O)C24OC34)C1O. The van der Waals surface area contributed by atoms with Gasteiger partial charge in [-0.25, -0.2) is 4.79 Å². The van der Waals surface area contributed by atoms with Crippen molar-refractivity contribution in [1.82, 2.24) is 0 Å². The number of epoxide rings is 1. The summed E-state index contributed by atoms with van der Waals surface area (Å²) in [4.78, 5) is 25.0. The van der Waals surface area contributed by atoms with E-state index >= 15 is 0 Å². The maximum atomic E-state index is 12.6. The van der Waals surface area contributed by atoms with Crippen LogP contribution in [0.2, 0.25) is 0 Å². The van der Waals surface area contributed by atoms with E-state index in [1.54, 1.807) is 13.8 Å². The Kier molecular flexibility index (Phi) is 4.02. The molecule has 0 radical (unpaired) electrons. The third-order valence-electron chi connectivity index (χ3n) is 6.11. The second-order valence-electron chi connectivity index (χ2n) is 8.15. The van der Waals surface area contributed by atoms with Gasteiger partial charge in [-0.15, -0.1) is 0 Å². The zero-order valence-electron chi connectivity index (χ0n) is 15.4. The Morgan fingerprint density at radius 1 is 1.33 bits per heavy atom. The van der Waals surface area contributed by atoms with E-state index in [1.165, 1.54) is 6.08 Å². The molecule has 0 amide bonds. The van der Waals surface area contributed by atoms with Crippen LogP contribution in [0.4, 0.5) is 0 Å². The Bertz CT molecular complexity index is 783. The van der Waals surface area contributed by atoms with Crippen LogP contribution >= 0.6 is 0 Å². The van der Waals surface area contributed by atoms with Crippen molar-refractivity contribution in [1.29, 1.82) is 0 Å². The van der Waals surface area contributed by atoms with E-state index in [4.69, 9.17) is 14.2 Å². The molecule has 7 atom stereocenters. The third-order valence-corrected chi connectivity index (χ3v) is 6.11. The van der Waals surface area contributed by atoms with Crippen molar-refractivity contribution in [2.24, 2.45) is 5.92 Å². The first-order valence-corrected chi connectivity index (χ1v) is 9.10. The quantitative estimate of drug-likeness (QED) is 0.399. The lowest BCUT2D eigenvalue weighted by molar-refractivity contribution is -0.297. The topological polar surface area (TPSA) is 106 Å². The lowest BCUT2D eigenvalue weighted by atomic mass is 9.76. The maximum absolute atomic E-state index is 12.6. The van der Waals surface area contributed by atoms with Crippen LogP contribution in [0.25, 0.3) is 0 Å². The number of carbonyl (C=O) groups is 2. The van der Waals surface area contributed by atoms with Crippen molar-refractivity contribution in [2.75, 3.05) is 0 Å². The van der Waals surface area contributed by atoms with Crippen molar-refractivity contribution in [2.45, 2.75) is 68.9 Å². The molecule has 4 aliphatic heterocycles. The molecule has 0 aliphatic carbocycles. The molecule has 4 bridgehead atoms. The van der Waals surface area contributed by atoms with E-state index in [9.17, 15) is 19.8 Å². The molecule has 4 heterocycles. The highest BCUT2D eigenvalue weighted by molar-refractivity contribution is 5.92. The molecule has 2 N–H and O–H groups in total. The molecule has 0 aromatic carbocycles. The molecule has 146 valence electrons. The highest BCUT2D eigenvalue weighted by Crippen LogP contribution is 2.56. The van der Waals surface area contributed by atoms with Gasteiger partial charge in [-0.05, 0) is 31.9 Å². The van der Waals surface area contributed by atoms with Gasteiger partial charge in [0.05, 0.1) is 0 Å². The summed E-state index contributed by atoms with van der Waals surface area (Å²) in [5.74, 6) is -3.55. The van der Waals surface area contributed by atoms with Crippen LogP contribution < -0.4 is 0 Å². The zero-order chi connectivity index (χ0) is 19.7. The summed E-state index contributed by atoms with van der Waals surface area (Å²) < 4.78 is 17.1. The van der Waals surface area contributed by atoms with Gasteiger partial charge in [-0.3, -0.25) is 4.79 Å². The largest absolute Gasteiger partial charge is 0.457 e. The van der Waals surface area contributed by atoms with Crippen LogP contribution in [0.5, 0.6) is 0 Å². The fraction of sp³-hybridized carbons (Fsp3) is 0.600. The number of allylic oxidation sites excluding steroid dienone is 1. The number of rotatable bonds is 1. The number of carbonyl (C=O) groups excluding carboxylic acids is 2. The summed E-state index contributed by atoms with van der Waals surface area (Å²) in [6.45, 7) is 11.2. The second-order valence-corrected chi connectivity index (χ2v) is 8.15. The van der Waals surface area contributed by atoms with E-state index < -0.39 is 47.7 Å². The minimum atomic E-state index is -2.19. The normalized spacial score (nSPS) is 48.5. The molecule has 0 aromatic rings. The van der Waals surface area contributed by atoms with Gasteiger partial charge in [0.15, 0.2) is 5.78 Å². The van der Waals surface area contributed by atoms with Gasteiger partial charge in [0.1, 0.15) is 24.4 Å². The summed E-state index contributed by atoms with van der Waals surface area (Å²) in [5, 5.41) is 22.0. The van der Waals surface area contributed by atoms with Crippen LogP contribution in [0, 0.1) is 5.92 Å². The Labute approximate surface area is 157 Å². The van der Waals surface area contributed by atoms with Crippen LogP contribution in [0.15, 0.2) is 36.0 Å². The van der Waals surface area contributed by atoms with E-state index in [1.807, 2.05) is 0 Å². The summed E-state index contributed by atoms with van der Waals surface area (Å²) in [7, 11) is 0. The predicted octanol–water partition coefficient (Wildman–Crippen LogP) is 0.945. The molecule has 0 aromatic heterocycles. The predicted molar refractivity (Wildman–Crippen MR) is 93.4 cm³/mol. The minimum absolute atomic E-state index is 0.0390. The van der Waals surface area contributed by atoms with Crippen LogP contribution in [-0.2, 0) is 23.8 Å². The Hall–Kier alpha value is -1.80. The van der Waals surface area contributed by atoms with Gasteiger partial charge >= 0.3 is 5.97 Å². The van der Waals surface area contributed by atoms with Crippen molar-refractivity contribution in [3.05, 3.63) is 36.0 Å². The van der Waals surface area contributed by atoms with Crippen molar-refractivity contribution in [3.8, 4) is 0 Å². The number of fused-ring (bicyclic) bond motifs is 2. The van der Waals surface area contributed by atoms with Crippen LogP contribution in [-0.4, -0.2) is 57.8 Å². The first-order valence-electron chi connectivity index (χ1n) is 9.10. The number of aliphatic hydroxyl groups excluding tert-OH is 1. The zero-order valence-corrected chi connectivity index (χ0v) is 15.4. The van der Waals surface area contributed by atoms with Gasteiger partial charge in [-0.1, -0.05) is 24.3 Å². The summed E-state index contributed by atoms with van der Waals surface area (Å²) >= 11 is 0. The van der Waals surface area contributed by atoms with Gasteiger partial charge in [0, 0.05) is 18.8 Å². The van der Waals surface area contributed by atoms with Crippen molar-refractivity contribution >= 4 is 11.8 Å². The number of hydrogen-bond donors (Lipinski definition) is 2. The van der Waals surface area contributed by atoms with E-state index in [0.29, 0.717) is 12.0 Å². The number of esters is 1. The molecule has 0 saturated carbocycles. The third kappa shape index (κ3) is 2.56. The summed E-state index contributed by atoms with van der Waals surface area (Å²) in [5.41, 5.74) is 0.122. The number of ketones is 1. The van der Waals surface area contributed by atoms with Gasteiger partial charge < -0.3 is 24.4 Å². The highest BCUT2D eigenvalue weighted by Gasteiger charge is 2.78. The number of hydrogen-bond acceptors (Lipinski definition) is 7. The first-order chi connectivity index (χ1) is 12.6. The molecular formula is C20H24O7. The molecular weight excluding hydrogens is 352 g/mol. The summed E-state index contributed by atoms with van der Waals surface area (Å²) in [6.07, 6.45) is -1.32. The Morgan fingerprint density at radius 2 is 2.04 bits per heavy atom. The van der Waals surface area contributed by atoms with E-state index in [2.05, 4.69) is 13.2 Å². The highest BCUT2D eigenvalue weighted by atomic mass is 16.7. The molecule has 4 aliphatic rings. The Morgan fingerprint density at radius 3 is 2.67 bits per heavy atom. The summed E-state index contributed by atoms with van der Waals surface area (Å²) in [6, 6.07) is 0. The van der Waals surface area contributed by atoms with Gasteiger partial charge in [-0.2, -0.15) is 0 Å². The van der Waals surface area contributed by atoms with E-state index in [-0.39, 0.29) is 24.2 Å². The average Bonchev–Trinajstić information content (AvgIpc) is 3.26. The van der Waals surface area contributed by atoms with Crippen LogP contribution in [0.1, 0.15) is 33.1 Å². The second kappa shape index (κ2) is 5.85. The molecule has 3 saturated heterocycles. The average molecular weight is 376 g/mol. The molecule has 27 heavy (non-hydrogen) atoms. The fourth-order valence-electron chi connectivity index (χ4n) is 4.55. The lowest BCUT2D eigenvalue weighted by Crippen LogP contribution is -2.60. The fourth-order valence-corrected chi connectivity index (χ4v) is 4.55. The van der Waals surface area contributed by atoms with Crippen molar-refractivity contribution in [3.63, 3.8) is 0 Å². The molecule has 3 fully saturated rings. The molecule has 7 nitrogen and oxygen atoms in total. The smallest absolute Gasteiger partial charge is 0.344 e. The standard InChI is InChI=1S/C20H24O7/c1-9(2)13-8-15-19-17(27-19)14(25-18(19)23)6-10(3)5-12(21)7-11(4)20(24,26-15)16(13)22/h5,13-17,22,24H,1,4,6-8H2,2-3H3/b10-5-. The van der Waals surface area contributed by atoms with E-state index in [0.717, 1.165) is 5.57 Å². The molecule has 4 rings (SSSR count). The van der Waals surface area contributed by atoms with Crippen molar-refractivity contribution < 1.29 is 34.0 Å². The number of ether oxygens (including phenoxy) is 3. The lowest BCUT2D eigenvalue weighted by Gasteiger charge is -2.47. The monoisotopic (exact) mass is 376 g/mol. The first kappa shape index (κ1) is 18.6. The Balaban J connectivity index is 1.81. The maximum Gasteiger partial charge on any atom is 0.344 e.